The van der Waals surface area contributed by atoms with E-state index in [9.17, 15) is 4.79 Å². The SMILES string of the molecule is CCN(Cc1noc(C)n1)C(=O)C1CNNC1c1ccccc1. The molecule has 1 aromatic carbocycles. The first kappa shape index (κ1) is 15.6. The molecular formula is C16H21N5O2. The number of nitrogens with one attached hydrogen (secondary N) is 2. The number of benzene rings is 1. The minimum absolute atomic E-state index is 0.0373. The summed E-state index contributed by atoms with van der Waals surface area (Å²) in [6, 6.07) is 9.96. The fourth-order valence-corrected chi connectivity index (χ4v) is 2.86. The van der Waals surface area contributed by atoms with Crippen LogP contribution in [0.1, 0.15) is 30.2 Å². The summed E-state index contributed by atoms with van der Waals surface area (Å²) < 4.78 is 4.98. The molecule has 0 spiro atoms. The summed E-state index contributed by atoms with van der Waals surface area (Å²) in [4.78, 5) is 18.9. The lowest BCUT2D eigenvalue weighted by Crippen LogP contribution is -2.39. The van der Waals surface area contributed by atoms with E-state index in [2.05, 4.69) is 21.0 Å². The second kappa shape index (κ2) is 6.89. The fraction of sp³-hybridized carbons (Fsp3) is 0.438. The van der Waals surface area contributed by atoms with Crippen molar-refractivity contribution in [3.8, 4) is 0 Å². The van der Waals surface area contributed by atoms with Crippen molar-refractivity contribution in [2.75, 3.05) is 13.1 Å². The molecule has 23 heavy (non-hydrogen) atoms. The minimum atomic E-state index is -0.162. The molecule has 0 radical (unpaired) electrons. The zero-order valence-electron chi connectivity index (χ0n) is 13.3. The van der Waals surface area contributed by atoms with Gasteiger partial charge in [-0.2, -0.15) is 4.98 Å². The summed E-state index contributed by atoms with van der Waals surface area (Å²) in [6.07, 6.45) is 0. The van der Waals surface area contributed by atoms with E-state index in [4.69, 9.17) is 4.52 Å². The lowest BCUT2D eigenvalue weighted by molar-refractivity contribution is -0.136. The van der Waals surface area contributed by atoms with Crippen molar-refractivity contribution in [3.63, 3.8) is 0 Å². The Labute approximate surface area is 135 Å². The third-order valence-electron chi connectivity index (χ3n) is 4.05. The highest BCUT2D eigenvalue weighted by molar-refractivity contribution is 5.80. The summed E-state index contributed by atoms with van der Waals surface area (Å²) in [6.45, 7) is 5.26. The maximum absolute atomic E-state index is 12.9. The van der Waals surface area contributed by atoms with Gasteiger partial charge in [-0.3, -0.25) is 10.2 Å². The summed E-state index contributed by atoms with van der Waals surface area (Å²) in [5.41, 5.74) is 7.40. The van der Waals surface area contributed by atoms with Crippen molar-refractivity contribution in [2.24, 2.45) is 5.92 Å². The molecule has 2 N–H and O–H groups in total. The van der Waals surface area contributed by atoms with Gasteiger partial charge in [-0.1, -0.05) is 35.5 Å². The van der Waals surface area contributed by atoms with Crippen LogP contribution in [-0.2, 0) is 11.3 Å². The van der Waals surface area contributed by atoms with Crippen LogP contribution in [0.2, 0.25) is 0 Å². The summed E-state index contributed by atoms with van der Waals surface area (Å²) in [7, 11) is 0. The summed E-state index contributed by atoms with van der Waals surface area (Å²) in [5.74, 6) is 0.967. The number of carbonyl (C=O) groups excluding carboxylic acids is 1. The van der Waals surface area contributed by atoms with Gasteiger partial charge in [0.15, 0.2) is 5.82 Å². The van der Waals surface area contributed by atoms with E-state index < -0.39 is 0 Å². The van der Waals surface area contributed by atoms with Gasteiger partial charge in [0.2, 0.25) is 11.8 Å². The Hall–Kier alpha value is -2.25. The summed E-state index contributed by atoms with van der Waals surface area (Å²) >= 11 is 0. The number of nitrogens with zero attached hydrogens (tertiary/aromatic N) is 3. The van der Waals surface area contributed by atoms with E-state index in [1.807, 2.05) is 37.3 Å². The molecule has 3 rings (SSSR count). The van der Waals surface area contributed by atoms with Gasteiger partial charge in [-0.15, -0.1) is 0 Å². The first-order chi connectivity index (χ1) is 11.2. The number of hydrogen-bond acceptors (Lipinski definition) is 6. The van der Waals surface area contributed by atoms with E-state index >= 15 is 0 Å². The number of aryl methyl sites for hydroxylation is 1. The molecule has 0 aliphatic carbocycles. The molecule has 0 bridgehead atoms. The number of carbonyl (C=O) groups is 1. The van der Waals surface area contributed by atoms with Crippen molar-refractivity contribution >= 4 is 5.91 Å². The van der Waals surface area contributed by atoms with Gasteiger partial charge in [0.25, 0.3) is 0 Å². The zero-order valence-corrected chi connectivity index (χ0v) is 13.3. The van der Waals surface area contributed by atoms with Crippen LogP contribution in [-0.4, -0.2) is 34.0 Å². The molecule has 122 valence electrons. The number of rotatable bonds is 5. The summed E-state index contributed by atoms with van der Waals surface area (Å²) in [5, 5.41) is 3.88. The van der Waals surface area contributed by atoms with Gasteiger partial charge in [0.1, 0.15) is 0 Å². The zero-order chi connectivity index (χ0) is 16.2. The van der Waals surface area contributed by atoms with Crippen LogP contribution in [0.4, 0.5) is 0 Å². The van der Waals surface area contributed by atoms with Crippen molar-refractivity contribution < 1.29 is 9.32 Å². The van der Waals surface area contributed by atoms with Crippen LogP contribution >= 0.6 is 0 Å². The first-order valence-corrected chi connectivity index (χ1v) is 7.80. The highest BCUT2D eigenvalue weighted by atomic mass is 16.5. The second-order valence-corrected chi connectivity index (χ2v) is 5.60. The maximum Gasteiger partial charge on any atom is 0.229 e. The lowest BCUT2D eigenvalue weighted by atomic mass is 9.93. The maximum atomic E-state index is 12.9. The number of hydrogen-bond donors (Lipinski definition) is 2. The van der Waals surface area contributed by atoms with Gasteiger partial charge < -0.3 is 9.42 Å². The molecule has 2 unspecified atom stereocenters. The smallest absolute Gasteiger partial charge is 0.229 e. The standard InChI is InChI=1S/C16H21N5O2/c1-3-21(10-14-18-11(2)23-20-14)16(22)13-9-17-19-15(13)12-7-5-4-6-8-12/h4-8,13,15,17,19H,3,9-10H2,1-2H3. The highest BCUT2D eigenvalue weighted by Gasteiger charge is 2.36. The molecule has 1 fully saturated rings. The Morgan fingerprint density at radius 1 is 1.39 bits per heavy atom. The largest absolute Gasteiger partial charge is 0.340 e. The molecule has 0 saturated carbocycles. The minimum Gasteiger partial charge on any atom is -0.340 e. The number of hydrazine groups is 1. The van der Waals surface area contributed by atoms with Crippen molar-refractivity contribution in [2.45, 2.75) is 26.4 Å². The van der Waals surface area contributed by atoms with Crippen LogP contribution in [0.3, 0.4) is 0 Å². The Balaban J connectivity index is 1.74. The fourth-order valence-electron chi connectivity index (χ4n) is 2.86. The molecule has 1 saturated heterocycles. The highest BCUT2D eigenvalue weighted by Crippen LogP contribution is 2.26. The third kappa shape index (κ3) is 3.40. The van der Waals surface area contributed by atoms with Crippen LogP contribution in [0.5, 0.6) is 0 Å². The monoisotopic (exact) mass is 315 g/mol. The normalized spacial score (nSPS) is 20.6. The van der Waals surface area contributed by atoms with Gasteiger partial charge in [-0.25, -0.2) is 5.43 Å². The molecule has 2 atom stereocenters. The molecule has 2 heterocycles. The van der Waals surface area contributed by atoms with E-state index in [0.717, 1.165) is 5.56 Å². The molecule has 1 aromatic heterocycles. The average molecular weight is 315 g/mol. The Kier molecular flexibility index (Phi) is 4.68. The molecule has 1 aliphatic rings. The Morgan fingerprint density at radius 2 is 2.17 bits per heavy atom. The first-order valence-electron chi connectivity index (χ1n) is 7.80. The van der Waals surface area contributed by atoms with Gasteiger partial charge >= 0.3 is 0 Å². The van der Waals surface area contributed by atoms with Crippen molar-refractivity contribution in [1.82, 2.24) is 25.9 Å². The average Bonchev–Trinajstić information content (AvgIpc) is 3.21. The number of amides is 1. The van der Waals surface area contributed by atoms with Gasteiger partial charge in [-0.05, 0) is 12.5 Å². The third-order valence-corrected chi connectivity index (χ3v) is 4.05. The molecule has 1 amide bonds. The van der Waals surface area contributed by atoms with E-state index in [1.54, 1.807) is 11.8 Å². The molecule has 7 nitrogen and oxygen atoms in total. The topological polar surface area (TPSA) is 83.3 Å². The molecule has 2 aromatic rings. The Bertz CT molecular complexity index is 658. The van der Waals surface area contributed by atoms with Crippen LogP contribution < -0.4 is 10.9 Å². The van der Waals surface area contributed by atoms with E-state index in [-0.39, 0.29) is 17.9 Å². The second-order valence-electron chi connectivity index (χ2n) is 5.60. The van der Waals surface area contributed by atoms with E-state index in [1.165, 1.54) is 0 Å². The van der Waals surface area contributed by atoms with Gasteiger partial charge in [0.05, 0.1) is 18.5 Å². The quantitative estimate of drug-likeness (QED) is 0.862. The van der Waals surface area contributed by atoms with Crippen LogP contribution in [0.25, 0.3) is 0 Å². The number of aromatic nitrogens is 2. The van der Waals surface area contributed by atoms with Crippen molar-refractivity contribution in [1.29, 1.82) is 0 Å². The van der Waals surface area contributed by atoms with Crippen LogP contribution in [0, 0.1) is 12.8 Å². The predicted molar refractivity (Wildman–Crippen MR) is 83.9 cm³/mol. The van der Waals surface area contributed by atoms with Crippen molar-refractivity contribution in [3.05, 3.63) is 47.6 Å². The predicted octanol–water partition coefficient (Wildman–Crippen LogP) is 1.19. The molecule has 1 aliphatic heterocycles. The molecule has 7 heteroatoms. The molecular weight excluding hydrogens is 294 g/mol. The van der Waals surface area contributed by atoms with Crippen LogP contribution in [0.15, 0.2) is 34.9 Å². The van der Waals surface area contributed by atoms with Gasteiger partial charge in [0, 0.05) is 20.0 Å². The Morgan fingerprint density at radius 3 is 2.83 bits per heavy atom. The van der Waals surface area contributed by atoms with E-state index in [0.29, 0.717) is 31.3 Å². The lowest BCUT2D eigenvalue weighted by Gasteiger charge is -2.25.